The molecule has 18 heavy (non-hydrogen) atoms. The lowest BCUT2D eigenvalue weighted by Gasteiger charge is -2.30. The van der Waals surface area contributed by atoms with Crippen LogP contribution < -0.4 is 10.1 Å². The minimum absolute atomic E-state index is 0.00471. The first-order chi connectivity index (χ1) is 8.24. The molecule has 0 radical (unpaired) electrons. The summed E-state index contributed by atoms with van der Waals surface area (Å²) in [6.07, 6.45) is 0. The maximum Gasteiger partial charge on any atom is 0.119 e. The molecule has 1 aromatic rings. The molecule has 0 aromatic heterocycles. The Morgan fingerprint density at radius 3 is 2.11 bits per heavy atom. The number of rotatable bonds is 5. The minimum atomic E-state index is -0.877. The van der Waals surface area contributed by atoms with Crippen molar-refractivity contribution in [3.63, 3.8) is 0 Å². The van der Waals surface area contributed by atoms with Gasteiger partial charge in [0.1, 0.15) is 5.75 Å². The highest BCUT2D eigenvalue weighted by Crippen LogP contribution is 2.23. The van der Waals surface area contributed by atoms with Gasteiger partial charge in [-0.3, -0.25) is 0 Å². The molecule has 1 aromatic carbocycles. The summed E-state index contributed by atoms with van der Waals surface area (Å²) in [4.78, 5) is 0. The molecular weight excluding hydrogens is 226 g/mol. The van der Waals surface area contributed by atoms with Crippen molar-refractivity contribution in [3.05, 3.63) is 29.8 Å². The lowest BCUT2D eigenvalue weighted by molar-refractivity contribution is 0.0501. The van der Waals surface area contributed by atoms with Crippen molar-refractivity contribution in [2.24, 2.45) is 0 Å². The highest BCUT2D eigenvalue weighted by atomic mass is 16.5. The molecule has 1 rings (SSSR count). The monoisotopic (exact) mass is 251 g/mol. The third-order valence-electron chi connectivity index (χ3n) is 2.75. The van der Waals surface area contributed by atoms with Crippen LogP contribution in [0, 0.1) is 0 Å². The Bertz CT molecular complexity index is 363. The Kier molecular flexibility index (Phi) is 4.77. The Labute approximate surface area is 110 Å². The molecule has 102 valence electrons. The average molecular weight is 251 g/mol. The molecule has 0 aliphatic rings. The molecule has 2 N–H and O–H groups in total. The topological polar surface area (TPSA) is 41.5 Å². The zero-order valence-corrected chi connectivity index (χ0v) is 12.1. The summed E-state index contributed by atoms with van der Waals surface area (Å²) >= 11 is 0. The zero-order valence-electron chi connectivity index (χ0n) is 12.1. The third-order valence-corrected chi connectivity index (χ3v) is 2.75. The van der Waals surface area contributed by atoms with Crippen LogP contribution in [-0.2, 0) is 5.60 Å². The Hall–Kier alpha value is -1.06. The highest BCUT2D eigenvalue weighted by molar-refractivity contribution is 5.30. The number of aliphatic hydroxyl groups is 1. The molecule has 0 aliphatic heterocycles. The van der Waals surface area contributed by atoms with Gasteiger partial charge < -0.3 is 15.2 Å². The normalized spacial score (nSPS) is 15.2. The second kappa shape index (κ2) is 5.72. The lowest BCUT2D eigenvalue weighted by Crippen LogP contribution is -2.44. The molecule has 3 heteroatoms. The summed E-state index contributed by atoms with van der Waals surface area (Å²) in [5.41, 5.74) is 0.00972. The van der Waals surface area contributed by atoms with Crippen LogP contribution in [0.5, 0.6) is 5.75 Å². The number of hydrogen-bond acceptors (Lipinski definition) is 3. The van der Waals surface area contributed by atoms with E-state index >= 15 is 0 Å². The van der Waals surface area contributed by atoms with Crippen LogP contribution in [0.4, 0.5) is 0 Å². The van der Waals surface area contributed by atoms with Gasteiger partial charge in [-0.25, -0.2) is 0 Å². The molecule has 0 aliphatic carbocycles. The molecule has 0 fully saturated rings. The van der Waals surface area contributed by atoms with Crippen molar-refractivity contribution in [2.45, 2.75) is 45.8 Å². The Morgan fingerprint density at radius 2 is 1.67 bits per heavy atom. The minimum Gasteiger partial charge on any atom is -0.494 e. The Morgan fingerprint density at radius 1 is 1.11 bits per heavy atom. The molecular formula is C15H25NO2. The summed E-state index contributed by atoms with van der Waals surface area (Å²) in [7, 11) is 0. The van der Waals surface area contributed by atoms with Gasteiger partial charge in [0.25, 0.3) is 0 Å². The molecule has 0 saturated carbocycles. The number of hydrogen-bond donors (Lipinski definition) is 2. The van der Waals surface area contributed by atoms with Crippen molar-refractivity contribution in [3.8, 4) is 5.75 Å². The van der Waals surface area contributed by atoms with E-state index in [4.69, 9.17) is 4.74 Å². The molecule has 0 heterocycles. The van der Waals surface area contributed by atoms with E-state index in [1.165, 1.54) is 0 Å². The van der Waals surface area contributed by atoms with Gasteiger partial charge in [0.15, 0.2) is 0 Å². The molecule has 0 amide bonds. The van der Waals surface area contributed by atoms with E-state index < -0.39 is 5.60 Å². The van der Waals surface area contributed by atoms with E-state index in [0.717, 1.165) is 11.3 Å². The molecule has 3 nitrogen and oxygen atoms in total. The van der Waals surface area contributed by atoms with Crippen LogP contribution in [-0.4, -0.2) is 23.8 Å². The van der Waals surface area contributed by atoms with E-state index in [1.54, 1.807) is 0 Å². The second-order valence-electron chi connectivity index (χ2n) is 5.83. The van der Waals surface area contributed by atoms with Crippen LogP contribution >= 0.6 is 0 Å². The fraction of sp³-hybridized carbons (Fsp3) is 0.600. The number of β-amino-alcohol motifs (C(OH)–C–C–N with tert-alkyl or cyclic N) is 1. The predicted molar refractivity (Wildman–Crippen MR) is 74.9 cm³/mol. The number of ether oxygens (including phenoxy) is 1. The summed E-state index contributed by atoms with van der Waals surface area (Å²) in [5.74, 6) is 0.834. The SMILES string of the molecule is CCOc1ccc(C(C)(O)CNC(C)(C)C)cc1. The summed E-state index contributed by atoms with van der Waals surface area (Å²) in [6.45, 7) is 11.2. The van der Waals surface area contributed by atoms with E-state index in [0.29, 0.717) is 13.2 Å². The number of nitrogens with one attached hydrogen (secondary N) is 1. The molecule has 1 atom stereocenters. The molecule has 0 spiro atoms. The highest BCUT2D eigenvalue weighted by Gasteiger charge is 2.25. The van der Waals surface area contributed by atoms with Crippen LogP contribution in [0.25, 0.3) is 0 Å². The summed E-state index contributed by atoms with van der Waals surface area (Å²) in [5, 5.41) is 13.8. The Balaban J connectivity index is 2.72. The van der Waals surface area contributed by atoms with Crippen molar-refractivity contribution in [1.82, 2.24) is 5.32 Å². The quantitative estimate of drug-likeness (QED) is 0.845. The van der Waals surface area contributed by atoms with Crippen molar-refractivity contribution in [2.75, 3.05) is 13.2 Å². The maximum atomic E-state index is 10.5. The van der Waals surface area contributed by atoms with Gasteiger partial charge in [-0.1, -0.05) is 12.1 Å². The van der Waals surface area contributed by atoms with Crippen LogP contribution in [0.2, 0.25) is 0 Å². The zero-order chi connectivity index (χ0) is 13.8. The molecule has 0 bridgehead atoms. The van der Waals surface area contributed by atoms with Crippen molar-refractivity contribution in [1.29, 1.82) is 0 Å². The molecule has 0 saturated heterocycles. The van der Waals surface area contributed by atoms with Crippen molar-refractivity contribution < 1.29 is 9.84 Å². The van der Waals surface area contributed by atoms with Gasteiger partial charge in [-0.15, -0.1) is 0 Å². The van der Waals surface area contributed by atoms with E-state index in [-0.39, 0.29) is 5.54 Å². The van der Waals surface area contributed by atoms with Gasteiger partial charge >= 0.3 is 0 Å². The first-order valence-corrected chi connectivity index (χ1v) is 6.45. The maximum absolute atomic E-state index is 10.5. The van der Waals surface area contributed by atoms with Gasteiger partial charge in [-0.05, 0) is 52.3 Å². The second-order valence-corrected chi connectivity index (χ2v) is 5.83. The number of benzene rings is 1. The summed E-state index contributed by atoms with van der Waals surface area (Å²) < 4.78 is 5.39. The lowest BCUT2D eigenvalue weighted by atomic mass is 9.94. The fourth-order valence-electron chi connectivity index (χ4n) is 1.62. The third kappa shape index (κ3) is 4.67. The van der Waals surface area contributed by atoms with Crippen LogP contribution in [0.1, 0.15) is 40.2 Å². The standard InChI is InChI=1S/C15H25NO2/c1-6-18-13-9-7-12(8-10-13)15(5,17)11-16-14(2,3)4/h7-10,16-17H,6,11H2,1-5H3. The van der Waals surface area contributed by atoms with E-state index in [1.807, 2.05) is 38.1 Å². The average Bonchev–Trinajstić information content (AvgIpc) is 2.27. The van der Waals surface area contributed by atoms with Gasteiger partial charge in [0.2, 0.25) is 0 Å². The van der Waals surface area contributed by atoms with Gasteiger partial charge in [0.05, 0.1) is 12.2 Å². The smallest absolute Gasteiger partial charge is 0.119 e. The predicted octanol–water partition coefficient (Wildman–Crippen LogP) is 2.68. The van der Waals surface area contributed by atoms with Crippen LogP contribution in [0.3, 0.4) is 0 Å². The van der Waals surface area contributed by atoms with Gasteiger partial charge in [0, 0.05) is 12.1 Å². The fourth-order valence-corrected chi connectivity index (χ4v) is 1.62. The van der Waals surface area contributed by atoms with Gasteiger partial charge in [-0.2, -0.15) is 0 Å². The first-order valence-electron chi connectivity index (χ1n) is 6.45. The largest absolute Gasteiger partial charge is 0.494 e. The first kappa shape index (κ1) is 15.0. The van der Waals surface area contributed by atoms with Crippen molar-refractivity contribution >= 4 is 0 Å². The van der Waals surface area contributed by atoms with E-state index in [9.17, 15) is 5.11 Å². The van der Waals surface area contributed by atoms with E-state index in [2.05, 4.69) is 26.1 Å². The molecule has 1 unspecified atom stereocenters. The van der Waals surface area contributed by atoms with Crippen LogP contribution in [0.15, 0.2) is 24.3 Å². The summed E-state index contributed by atoms with van der Waals surface area (Å²) in [6, 6.07) is 7.61.